The first kappa shape index (κ1) is 15.3. The minimum absolute atomic E-state index is 0.0531. The summed E-state index contributed by atoms with van der Waals surface area (Å²) in [6.45, 7) is 11.6. The number of aryl methyl sites for hydroxylation is 2. The number of aromatic nitrogens is 3. The average molecular weight is 303 g/mol. The Labute approximate surface area is 131 Å². The van der Waals surface area contributed by atoms with Crippen LogP contribution in [0.4, 0.5) is 0 Å². The molecule has 0 spiro atoms. The second kappa shape index (κ2) is 5.25. The molecule has 5 nitrogen and oxygen atoms in total. The summed E-state index contributed by atoms with van der Waals surface area (Å²) < 4.78 is 9.53. The number of rotatable bonds is 2. The first-order valence-electron chi connectivity index (χ1n) is 7.80. The highest BCUT2D eigenvalue weighted by atomic mass is 16.5. The van der Waals surface area contributed by atoms with E-state index in [9.17, 15) is 5.11 Å². The Balaban J connectivity index is 2.13. The van der Waals surface area contributed by atoms with Gasteiger partial charge in [0.15, 0.2) is 5.82 Å². The molecule has 22 heavy (non-hydrogen) atoms. The second-order valence-corrected chi connectivity index (χ2v) is 7.21. The van der Waals surface area contributed by atoms with Crippen molar-refractivity contribution in [3.63, 3.8) is 0 Å². The number of ether oxygens (including phenoxy) is 1. The summed E-state index contributed by atoms with van der Waals surface area (Å²) in [5.74, 6) is 0.907. The van der Waals surface area contributed by atoms with E-state index < -0.39 is 6.10 Å². The van der Waals surface area contributed by atoms with Crippen LogP contribution in [0.15, 0.2) is 18.2 Å². The van der Waals surface area contributed by atoms with Crippen molar-refractivity contribution < 1.29 is 9.84 Å². The predicted molar refractivity (Wildman–Crippen MR) is 85.6 cm³/mol. The molecule has 0 aromatic carbocycles. The van der Waals surface area contributed by atoms with E-state index in [1.165, 1.54) is 0 Å². The van der Waals surface area contributed by atoms with Gasteiger partial charge in [0.25, 0.3) is 0 Å². The van der Waals surface area contributed by atoms with Crippen LogP contribution in [-0.4, -0.2) is 38.8 Å². The van der Waals surface area contributed by atoms with Crippen molar-refractivity contribution in [1.82, 2.24) is 14.3 Å². The van der Waals surface area contributed by atoms with Gasteiger partial charge in [-0.25, -0.2) is 0 Å². The first-order chi connectivity index (χ1) is 10.3. The maximum atomic E-state index is 10.2. The average Bonchev–Trinajstić information content (AvgIpc) is 3.08. The van der Waals surface area contributed by atoms with Crippen LogP contribution < -0.4 is 0 Å². The molecule has 3 rings (SSSR count). The van der Waals surface area contributed by atoms with E-state index in [2.05, 4.69) is 57.4 Å². The molecule has 0 aliphatic carbocycles. The van der Waals surface area contributed by atoms with Crippen molar-refractivity contribution in [2.75, 3.05) is 13.2 Å². The van der Waals surface area contributed by atoms with Crippen LogP contribution in [0, 0.1) is 13.8 Å². The summed E-state index contributed by atoms with van der Waals surface area (Å²) >= 11 is 0. The van der Waals surface area contributed by atoms with Gasteiger partial charge in [0, 0.05) is 28.6 Å². The molecule has 0 saturated carbocycles. The van der Waals surface area contributed by atoms with Crippen LogP contribution in [0.25, 0.3) is 5.82 Å². The maximum absolute atomic E-state index is 10.2. The maximum Gasteiger partial charge on any atom is 0.159 e. The van der Waals surface area contributed by atoms with Gasteiger partial charge < -0.3 is 14.4 Å². The summed E-state index contributed by atoms with van der Waals surface area (Å²) in [6.07, 6.45) is -0.499. The molecule has 3 heterocycles. The SMILES string of the molecule is Cc1ccc(C)n1-c1cc(C(C)(C)C)n([C@@H]2COC[C@H]2O)n1. The molecule has 0 amide bonds. The highest BCUT2D eigenvalue weighted by molar-refractivity contribution is 5.35. The molecular weight excluding hydrogens is 278 g/mol. The van der Waals surface area contributed by atoms with Crippen molar-refractivity contribution in [2.45, 2.75) is 52.2 Å². The summed E-state index contributed by atoms with van der Waals surface area (Å²) in [5, 5.41) is 15.0. The van der Waals surface area contributed by atoms with Crippen LogP contribution in [-0.2, 0) is 10.2 Å². The van der Waals surface area contributed by atoms with Crippen LogP contribution in [0.3, 0.4) is 0 Å². The van der Waals surface area contributed by atoms with Crippen molar-refractivity contribution in [1.29, 1.82) is 0 Å². The molecule has 1 aliphatic heterocycles. The Morgan fingerprint density at radius 2 is 1.82 bits per heavy atom. The third-order valence-corrected chi connectivity index (χ3v) is 4.33. The molecule has 120 valence electrons. The molecule has 0 bridgehead atoms. The second-order valence-electron chi connectivity index (χ2n) is 7.21. The molecule has 5 heteroatoms. The molecular formula is C17H25N3O2. The van der Waals surface area contributed by atoms with Gasteiger partial charge in [-0.15, -0.1) is 0 Å². The van der Waals surface area contributed by atoms with Crippen LogP contribution in [0.5, 0.6) is 0 Å². The number of aliphatic hydroxyl groups is 1. The number of nitrogens with zero attached hydrogens (tertiary/aromatic N) is 3. The van der Waals surface area contributed by atoms with Gasteiger partial charge in [0.05, 0.1) is 13.2 Å². The van der Waals surface area contributed by atoms with Crippen LogP contribution >= 0.6 is 0 Å². The Kier molecular flexibility index (Phi) is 3.65. The van der Waals surface area contributed by atoms with Gasteiger partial charge in [-0.2, -0.15) is 5.10 Å². The molecule has 1 saturated heterocycles. The molecule has 1 fully saturated rings. The molecule has 1 N–H and O–H groups in total. The number of aliphatic hydroxyl groups excluding tert-OH is 1. The summed E-state index contributed by atoms with van der Waals surface area (Å²) in [4.78, 5) is 0. The minimum atomic E-state index is -0.499. The Bertz CT molecular complexity index is 659. The lowest BCUT2D eigenvalue weighted by Gasteiger charge is -2.24. The van der Waals surface area contributed by atoms with E-state index >= 15 is 0 Å². The third-order valence-electron chi connectivity index (χ3n) is 4.33. The van der Waals surface area contributed by atoms with E-state index in [1.54, 1.807) is 0 Å². The highest BCUT2D eigenvalue weighted by Gasteiger charge is 2.33. The van der Waals surface area contributed by atoms with Crippen molar-refractivity contribution in [3.05, 3.63) is 35.3 Å². The lowest BCUT2D eigenvalue weighted by molar-refractivity contribution is 0.117. The lowest BCUT2D eigenvalue weighted by atomic mass is 9.91. The van der Waals surface area contributed by atoms with Crippen molar-refractivity contribution in [3.8, 4) is 5.82 Å². The van der Waals surface area contributed by atoms with E-state index in [1.807, 2.05) is 4.68 Å². The topological polar surface area (TPSA) is 52.2 Å². The van der Waals surface area contributed by atoms with E-state index in [4.69, 9.17) is 9.84 Å². The fourth-order valence-electron chi connectivity index (χ4n) is 3.10. The molecule has 0 unspecified atom stereocenters. The van der Waals surface area contributed by atoms with Gasteiger partial charge >= 0.3 is 0 Å². The Morgan fingerprint density at radius 3 is 2.32 bits per heavy atom. The summed E-state index contributed by atoms with van der Waals surface area (Å²) in [6, 6.07) is 6.21. The zero-order valence-corrected chi connectivity index (χ0v) is 14.0. The van der Waals surface area contributed by atoms with Crippen molar-refractivity contribution in [2.24, 2.45) is 0 Å². The standard InChI is InChI=1S/C17H25N3O2/c1-11-6-7-12(2)19(11)16-8-15(17(3,4)5)20(18-16)13-9-22-10-14(13)21/h6-8,13-14,21H,9-10H2,1-5H3/t13-,14-/m1/s1. The molecule has 0 radical (unpaired) electrons. The largest absolute Gasteiger partial charge is 0.388 e. The fraction of sp³-hybridized carbons (Fsp3) is 0.588. The third kappa shape index (κ3) is 2.48. The van der Waals surface area contributed by atoms with Gasteiger partial charge in [-0.3, -0.25) is 4.68 Å². The fourth-order valence-corrected chi connectivity index (χ4v) is 3.10. The number of hydrogen-bond acceptors (Lipinski definition) is 3. The van der Waals surface area contributed by atoms with Crippen LogP contribution in [0.2, 0.25) is 0 Å². The monoisotopic (exact) mass is 303 g/mol. The lowest BCUT2D eigenvalue weighted by Crippen LogP contribution is -2.28. The number of hydrogen-bond donors (Lipinski definition) is 1. The van der Waals surface area contributed by atoms with Crippen LogP contribution in [0.1, 0.15) is 43.9 Å². The zero-order chi connectivity index (χ0) is 16.1. The molecule has 2 aromatic heterocycles. The predicted octanol–water partition coefficient (Wildman–Crippen LogP) is 2.52. The zero-order valence-electron chi connectivity index (χ0n) is 14.0. The molecule has 2 atom stereocenters. The summed E-state index contributed by atoms with van der Waals surface area (Å²) in [5.41, 5.74) is 3.38. The van der Waals surface area contributed by atoms with Gasteiger partial charge in [-0.05, 0) is 26.0 Å². The van der Waals surface area contributed by atoms with Gasteiger partial charge in [0.2, 0.25) is 0 Å². The van der Waals surface area contributed by atoms with E-state index in [0.717, 1.165) is 22.9 Å². The smallest absolute Gasteiger partial charge is 0.159 e. The summed E-state index contributed by atoms with van der Waals surface area (Å²) in [7, 11) is 0. The Hall–Kier alpha value is -1.59. The van der Waals surface area contributed by atoms with E-state index in [0.29, 0.717) is 13.2 Å². The normalized spacial score (nSPS) is 22.5. The first-order valence-corrected chi connectivity index (χ1v) is 7.80. The van der Waals surface area contributed by atoms with Gasteiger partial charge in [-0.1, -0.05) is 20.8 Å². The molecule has 2 aromatic rings. The van der Waals surface area contributed by atoms with Gasteiger partial charge in [0.1, 0.15) is 12.1 Å². The Morgan fingerprint density at radius 1 is 1.18 bits per heavy atom. The van der Waals surface area contributed by atoms with Crippen molar-refractivity contribution >= 4 is 0 Å². The molecule has 1 aliphatic rings. The van der Waals surface area contributed by atoms with E-state index in [-0.39, 0.29) is 11.5 Å². The quantitative estimate of drug-likeness (QED) is 0.927. The minimum Gasteiger partial charge on any atom is -0.388 e. The highest BCUT2D eigenvalue weighted by Crippen LogP contribution is 2.31.